The zero-order chi connectivity index (χ0) is 23.6. The molecule has 3 aromatic rings. The van der Waals surface area contributed by atoms with Crippen molar-refractivity contribution in [3.63, 3.8) is 0 Å². The van der Waals surface area contributed by atoms with Crippen LogP contribution in [0.3, 0.4) is 0 Å². The summed E-state index contributed by atoms with van der Waals surface area (Å²) in [5, 5.41) is 6.33. The van der Waals surface area contributed by atoms with Gasteiger partial charge in [-0.05, 0) is 55.1 Å². The number of benzene rings is 1. The van der Waals surface area contributed by atoms with Crippen molar-refractivity contribution in [2.75, 3.05) is 30.3 Å². The number of hydrogen-bond acceptors (Lipinski definition) is 6. The second kappa shape index (κ2) is 9.26. The Morgan fingerprint density at radius 3 is 2.76 bits per heavy atom. The van der Waals surface area contributed by atoms with Gasteiger partial charge < -0.3 is 20.3 Å². The molecule has 1 fully saturated rings. The van der Waals surface area contributed by atoms with E-state index in [4.69, 9.17) is 4.74 Å². The second-order valence-electron chi connectivity index (χ2n) is 7.52. The van der Waals surface area contributed by atoms with Gasteiger partial charge in [0.05, 0.1) is 28.9 Å². The topological polar surface area (TPSA) is 83.6 Å². The van der Waals surface area contributed by atoms with E-state index >= 15 is 0 Å². The fourth-order valence-electron chi connectivity index (χ4n) is 3.55. The number of anilines is 2. The second-order valence-corrected chi connectivity index (χ2v) is 8.61. The first-order chi connectivity index (χ1) is 15.7. The Balaban J connectivity index is 1.36. The summed E-state index contributed by atoms with van der Waals surface area (Å²) in [6.45, 7) is 3.21. The lowest BCUT2D eigenvalue weighted by Crippen LogP contribution is -2.32. The molecule has 0 saturated carbocycles. The number of pyridine rings is 1. The summed E-state index contributed by atoms with van der Waals surface area (Å²) in [6, 6.07) is 8.30. The maximum atomic E-state index is 12.9. The number of fused-ring (bicyclic) bond motifs is 1. The maximum absolute atomic E-state index is 12.9. The summed E-state index contributed by atoms with van der Waals surface area (Å²) in [7, 11) is 0. The van der Waals surface area contributed by atoms with Gasteiger partial charge in [-0.2, -0.15) is 13.2 Å². The molecule has 0 radical (unpaired) electrons. The van der Waals surface area contributed by atoms with Gasteiger partial charge in [0.2, 0.25) is 0 Å². The monoisotopic (exact) mass is 478 g/mol. The maximum Gasteiger partial charge on any atom is 0.416 e. The van der Waals surface area contributed by atoms with Crippen molar-refractivity contribution in [1.82, 2.24) is 9.88 Å². The lowest BCUT2D eigenvalue weighted by atomic mass is 10.1. The lowest BCUT2D eigenvalue weighted by molar-refractivity contribution is -0.137. The van der Waals surface area contributed by atoms with Crippen LogP contribution in [-0.2, 0) is 10.9 Å². The number of alkyl halides is 3. The molecule has 33 heavy (non-hydrogen) atoms. The predicted octanol–water partition coefficient (Wildman–Crippen LogP) is 5.21. The van der Waals surface area contributed by atoms with E-state index in [0.29, 0.717) is 46.2 Å². The molecule has 11 heteroatoms. The van der Waals surface area contributed by atoms with Crippen molar-refractivity contribution >= 4 is 44.9 Å². The molecule has 1 atom stereocenters. The van der Waals surface area contributed by atoms with Crippen LogP contribution in [0.15, 0.2) is 42.6 Å². The molecular weight excluding hydrogens is 457 g/mol. The third kappa shape index (κ3) is 5.36. The number of hydrogen-bond donors (Lipinski definition) is 2. The Hall–Kier alpha value is -3.34. The number of carbonyl (C=O) groups excluding carboxylic acids is 2. The van der Waals surface area contributed by atoms with E-state index in [2.05, 4.69) is 15.6 Å². The molecule has 0 aliphatic carbocycles. The molecule has 7 nitrogen and oxygen atoms in total. The number of thiophene rings is 1. The Morgan fingerprint density at radius 1 is 1.24 bits per heavy atom. The highest BCUT2D eigenvalue weighted by atomic mass is 32.1. The molecule has 1 aromatic carbocycles. The summed E-state index contributed by atoms with van der Waals surface area (Å²) >= 11 is 1.12. The lowest BCUT2D eigenvalue weighted by Gasteiger charge is -2.16. The third-order valence-electron chi connectivity index (χ3n) is 5.16. The predicted molar refractivity (Wildman–Crippen MR) is 120 cm³/mol. The molecule has 0 bridgehead atoms. The fourth-order valence-corrected chi connectivity index (χ4v) is 4.48. The van der Waals surface area contributed by atoms with Gasteiger partial charge in [0.25, 0.3) is 5.91 Å². The molecule has 4 rings (SSSR count). The van der Waals surface area contributed by atoms with Crippen molar-refractivity contribution in [1.29, 1.82) is 0 Å². The van der Waals surface area contributed by atoms with E-state index in [0.717, 1.165) is 29.9 Å². The standard InChI is InChI=1S/C22H21F3N4O3S/c1-2-32-21(31)29-8-7-16(12-29)27-19-6-4-15(11-26-19)28-20(30)18-10-13-9-14(22(23,24)25)3-5-17(13)33-18/h3-6,9-11,16H,2,7-8,12H2,1H3,(H,26,27)(H,28,30)/t16-/m0/s1. The van der Waals surface area contributed by atoms with Crippen LogP contribution in [0.2, 0.25) is 0 Å². The van der Waals surface area contributed by atoms with E-state index in [1.807, 2.05) is 0 Å². The SMILES string of the molecule is CCOC(=O)N1CC[C@H](Nc2ccc(NC(=O)c3cc4cc(C(F)(F)F)ccc4s3)cn2)C1. The Labute approximate surface area is 191 Å². The van der Waals surface area contributed by atoms with Crippen LogP contribution in [-0.4, -0.2) is 47.6 Å². The number of aromatic nitrogens is 1. The van der Waals surface area contributed by atoms with Crippen LogP contribution in [0.4, 0.5) is 29.5 Å². The highest BCUT2D eigenvalue weighted by molar-refractivity contribution is 7.20. The summed E-state index contributed by atoms with van der Waals surface area (Å²) < 4.78 is 44.3. The number of amides is 2. The van der Waals surface area contributed by atoms with Gasteiger partial charge in [-0.15, -0.1) is 11.3 Å². The average molecular weight is 478 g/mol. The number of halogens is 3. The molecule has 1 aliphatic rings. The van der Waals surface area contributed by atoms with Crippen molar-refractivity contribution in [2.24, 2.45) is 0 Å². The number of rotatable bonds is 5. The van der Waals surface area contributed by atoms with Gasteiger partial charge in [0.15, 0.2) is 0 Å². The van der Waals surface area contributed by atoms with Crippen molar-refractivity contribution < 1.29 is 27.5 Å². The van der Waals surface area contributed by atoms with E-state index < -0.39 is 17.6 Å². The van der Waals surface area contributed by atoms with Crippen LogP contribution in [0, 0.1) is 0 Å². The summed E-state index contributed by atoms with van der Waals surface area (Å²) in [4.78, 5) is 30.6. The first kappa shape index (κ1) is 22.8. The van der Waals surface area contributed by atoms with Crippen molar-refractivity contribution in [2.45, 2.75) is 25.6 Å². The van der Waals surface area contributed by atoms with E-state index in [1.165, 1.54) is 18.3 Å². The largest absolute Gasteiger partial charge is 0.450 e. The van der Waals surface area contributed by atoms with Crippen LogP contribution >= 0.6 is 11.3 Å². The molecule has 1 aliphatic heterocycles. The number of ether oxygens (including phenoxy) is 1. The molecule has 174 valence electrons. The quantitative estimate of drug-likeness (QED) is 0.526. The average Bonchev–Trinajstić information content (AvgIpc) is 3.41. The minimum Gasteiger partial charge on any atom is -0.450 e. The minimum absolute atomic E-state index is 0.0440. The van der Waals surface area contributed by atoms with Crippen LogP contribution in [0.25, 0.3) is 10.1 Å². The molecule has 0 spiro atoms. The summed E-state index contributed by atoms with van der Waals surface area (Å²) in [5.41, 5.74) is -0.293. The highest BCUT2D eigenvalue weighted by Gasteiger charge is 2.31. The molecule has 2 N–H and O–H groups in total. The van der Waals surface area contributed by atoms with Crippen LogP contribution in [0.1, 0.15) is 28.6 Å². The normalized spacial score (nSPS) is 16.1. The Kier molecular flexibility index (Phi) is 6.41. The van der Waals surface area contributed by atoms with E-state index in [9.17, 15) is 22.8 Å². The van der Waals surface area contributed by atoms with Gasteiger partial charge >= 0.3 is 12.3 Å². The zero-order valence-electron chi connectivity index (χ0n) is 17.6. The van der Waals surface area contributed by atoms with Crippen LogP contribution < -0.4 is 10.6 Å². The number of nitrogens with zero attached hydrogens (tertiary/aromatic N) is 2. The number of carbonyl (C=O) groups is 2. The van der Waals surface area contributed by atoms with E-state index in [-0.39, 0.29) is 12.1 Å². The van der Waals surface area contributed by atoms with E-state index in [1.54, 1.807) is 24.0 Å². The molecule has 2 amide bonds. The molecule has 1 saturated heterocycles. The van der Waals surface area contributed by atoms with Crippen molar-refractivity contribution in [3.05, 3.63) is 53.0 Å². The van der Waals surface area contributed by atoms with Crippen molar-refractivity contribution in [3.8, 4) is 0 Å². The Bertz CT molecular complexity index is 1160. The smallest absolute Gasteiger partial charge is 0.416 e. The summed E-state index contributed by atoms with van der Waals surface area (Å²) in [6.07, 6.45) is -2.51. The van der Waals surface area contributed by atoms with Gasteiger partial charge in [-0.25, -0.2) is 9.78 Å². The third-order valence-corrected chi connectivity index (χ3v) is 6.27. The van der Waals surface area contributed by atoms with Gasteiger partial charge in [0, 0.05) is 23.8 Å². The molecule has 3 heterocycles. The number of nitrogens with one attached hydrogen (secondary N) is 2. The van der Waals surface area contributed by atoms with Gasteiger partial charge in [-0.1, -0.05) is 0 Å². The summed E-state index contributed by atoms with van der Waals surface area (Å²) in [5.74, 6) is 0.179. The minimum atomic E-state index is -4.43. The molecule has 2 aromatic heterocycles. The van der Waals surface area contributed by atoms with Gasteiger partial charge in [-0.3, -0.25) is 4.79 Å². The molecule has 0 unspecified atom stereocenters. The molecular formula is C22H21F3N4O3S. The first-order valence-electron chi connectivity index (χ1n) is 10.3. The zero-order valence-corrected chi connectivity index (χ0v) is 18.4. The number of likely N-dealkylation sites (tertiary alicyclic amines) is 1. The highest BCUT2D eigenvalue weighted by Crippen LogP contribution is 2.34. The fraction of sp³-hybridized carbons (Fsp3) is 0.318. The van der Waals surface area contributed by atoms with Crippen LogP contribution in [0.5, 0.6) is 0 Å². The van der Waals surface area contributed by atoms with Gasteiger partial charge in [0.1, 0.15) is 5.82 Å². The first-order valence-corrected chi connectivity index (χ1v) is 11.1. The Morgan fingerprint density at radius 2 is 2.06 bits per heavy atom.